The maximum Gasteiger partial charge on any atom is 0.266 e. The first-order valence-corrected chi connectivity index (χ1v) is 8.31. The number of ether oxygens (including phenoxy) is 1. The number of hydrogen-bond acceptors (Lipinski definition) is 5. The van der Waals surface area contributed by atoms with Crippen molar-refractivity contribution in [1.29, 1.82) is 0 Å². The molecular formula is C19H15NO4S. The van der Waals surface area contributed by atoms with Crippen LogP contribution < -0.4 is 19.5 Å². The van der Waals surface area contributed by atoms with E-state index < -0.39 is 0 Å². The minimum Gasteiger partial charge on any atom is -0.490 e. The van der Waals surface area contributed by atoms with Crippen LogP contribution in [0.25, 0.3) is 12.2 Å². The minimum atomic E-state index is -0.294. The zero-order valence-corrected chi connectivity index (χ0v) is 14.0. The van der Waals surface area contributed by atoms with Gasteiger partial charge in [-0.15, -0.1) is 11.3 Å². The van der Waals surface area contributed by atoms with E-state index in [0.717, 1.165) is 11.3 Å². The molecule has 0 atom stereocenters. The fourth-order valence-corrected chi connectivity index (χ4v) is 2.99. The summed E-state index contributed by atoms with van der Waals surface area (Å²) < 4.78 is 11.5. The fourth-order valence-electron chi connectivity index (χ4n) is 2.10. The average Bonchev–Trinajstić information content (AvgIpc) is 3.25. The molecule has 0 aliphatic heterocycles. The number of nitrogens with one attached hydrogen (secondary N) is 1. The first-order valence-electron chi connectivity index (χ1n) is 7.50. The standard InChI is InChI=1S/C19H15NO4S/c1-2-9-23-14-7-5-13(6-8-14)11-17-19(22)20-18(25-17)12-15(21)16-4-3-10-24-16/h2-8,10-12H,1,9H2,(H,20,22)/b17-11-,18-12-. The molecule has 0 saturated carbocycles. The molecule has 6 heteroatoms. The maximum absolute atomic E-state index is 12.1. The molecule has 126 valence electrons. The van der Waals surface area contributed by atoms with Gasteiger partial charge in [0.2, 0.25) is 5.78 Å². The first-order chi connectivity index (χ1) is 12.2. The van der Waals surface area contributed by atoms with Crippen LogP contribution in [0.1, 0.15) is 16.1 Å². The number of benzene rings is 1. The topological polar surface area (TPSA) is 72.3 Å². The third-order valence-corrected chi connectivity index (χ3v) is 4.22. The molecular weight excluding hydrogens is 338 g/mol. The lowest BCUT2D eigenvalue weighted by Crippen LogP contribution is -2.19. The van der Waals surface area contributed by atoms with Crippen LogP contribution in [0.4, 0.5) is 0 Å². The summed E-state index contributed by atoms with van der Waals surface area (Å²) in [5.74, 6) is 0.669. The molecule has 3 rings (SSSR count). The molecule has 25 heavy (non-hydrogen) atoms. The lowest BCUT2D eigenvalue weighted by Gasteiger charge is -2.02. The molecule has 0 amide bonds. The summed E-state index contributed by atoms with van der Waals surface area (Å²) in [6.45, 7) is 4.04. The SMILES string of the molecule is C=CCOc1ccc(/C=c2\s/c(=C\C(=O)c3ccco3)[nH]c2=O)cc1. The van der Waals surface area contributed by atoms with E-state index in [1.165, 1.54) is 23.7 Å². The van der Waals surface area contributed by atoms with Gasteiger partial charge in [-0.2, -0.15) is 0 Å². The number of aromatic nitrogens is 1. The van der Waals surface area contributed by atoms with Crippen LogP contribution in [-0.2, 0) is 0 Å². The quantitative estimate of drug-likeness (QED) is 0.544. The Morgan fingerprint density at radius 3 is 2.76 bits per heavy atom. The summed E-state index contributed by atoms with van der Waals surface area (Å²) >= 11 is 1.21. The maximum atomic E-state index is 12.1. The molecule has 0 spiro atoms. The van der Waals surface area contributed by atoms with Crippen LogP contribution in [0.5, 0.6) is 5.75 Å². The summed E-state index contributed by atoms with van der Waals surface area (Å²) in [6, 6.07) is 10.6. The highest BCUT2D eigenvalue weighted by Crippen LogP contribution is 2.12. The van der Waals surface area contributed by atoms with Gasteiger partial charge >= 0.3 is 0 Å². The molecule has 3 aromatic rings. The number of carbonyl (C=O) groups is 1. The van der Waals surface area contributed by atoms with Crippen molar-refractivity contribution >= 4 is 29.3 Å². The Kier molecular flexibility index (Phi) is 5.11. The second kappa shape index (κ2) is 7.63. The van der Waals surface area contributed by atoms with Crippen LogP contribution in [0, 0.1) is 0 Å². The van der Waals surface area contributed by atoms with Crippen LogP contribution in [0.3, 0.4) is 0 Å². The van der Waals surface area contributed by atoms with E-state index in [1.807, 2.05) is 24.3 Å². The first kappa shape index (κ1) is 16.7. The van der Waals surface area contributed by atoms with Gasteiger partial charge in [-0.05, 0) is 35.9 Å². The number of H-pyrrole nitrogens is 1. The molecule has 1 aromatic carbocycles. The fraction of sp³-hybridized carbons (Fsp3) is 0.0526. The van der Waals surface area contributed by atoms with Crippen molar-refractivity contribution < 1.29 is 13.9 Å². The van der Waals surface area contributed by atoms with Gasteiger partial charge in [0.05, 0.1) is 15.5 Å². The van der Waals surface area contributed by atoms with Crippen molar-refractivity contribution in [2.45, 2.75) is 0 Å². The molecule has 0 aliphatic carbocycles. The highest BCUT2D eigenvalue weighted by Gasteiger charge is 2.05. The lowest BCUT2D eigenvalue weighted by molar-refractivity contribution is 0.103. The molecule has 0 unspecified atom stereocenters. The number of rotatable bonds is 6. The third-order valence-electron chi connectivity index (χ3n) is 3.25. The van der Waals surface area contributed by atoms with Gasteiger partial charge in [0.25, 0.3) is 5.56 Å². The van der Waals surface area contributed by atoms with Gasteiger partial charge in [-0.25, -0.2) is 0 Å². The van der Waals surface area contributed by atoms with Crippen molar-refractivity contribution in [3.05, 3.63) is 86.2 Å². The zero-order chi connectivity index (χ0) is 17.6. The molecule has 0 bridgehead atoms. The summed E-state index contributed by atoms with van der Waals surface area (Å²) in [5, 5.41) is 0. The summed E-state index contributed by atoms with van der Waals surface area (Å²) in [7, 11) is 0. The van der Waals surface area contributed by atoms with Crippen molar-refractivity contribution in [3.63, 3.8) is 0 Å². The van der Waals surface area contributed by atoms with Crippen LogP contribution in [0.2, 0.25) is 0 Å². The minimum absolute atomic E-state index is 0.231. The zero-order valence-electron chi connectivity index (χ0n) is 13.2. The number of thiazole rings is 1. The van der Waals surface area contributed by atoms with E-state index in [0.29, 0.717) is 15.8 Å². The number of furan rings is 1. The summed E-state index contributed by atoms with van der Waals surface area (Å²) in [6.07, 6.45) is 6.22. The van der Waals surface area contributed by atoms with Crippen LogP contribution in [-0.4, -0.2) is 17.4 Å². The van der Waals surface area contributed by atoms with Crippen molar-refractivity contribution in [3.8, 4) is 5.75 Å². The second-order valence-electron chi connectivity index (χ2n) is 5.08. The Morgan fingerprint density at radius 1 is 1.28 bits per heavy atom. The molecule has 2 heterocycles. The number of Topliss-reactive ketones (excluding diaryl/α,β-unsaturated/α-hetero) is 1. The molecule has 1 N–H and O–H groups in total. The van der Waals surface area contributed by atoms with Crippen molar-refractivity contribution in [2.75, 3.05) is 6.61 Å². The largest absolute Gasteiger partial charge is 0.490 e. The van der Waals surface area contributed by atoms with Gasteiger partial charge in [0.15, 0.2) is 5.76 Å². The van der Waals surface area contributed by atoms with E-state index in [1.54, 1.807) is 24.3 Å². The number of carbonyl (C=O) groups excluding carboxylic acids is 1. The number of aromatic amines is 1. The highest BCUT2D eigenvalue weighted by atomic mass is 32.1. The normalized spacial score (nSPS) is 12.3. The lowest BCUT2D eigenvalue weighted by atomic mass is 10.2. The van der Waals surface area contributed by atoms with Crippen molar-refractivity contribution in [1.82, 2.24) is 4.98 Å². The molecule has 0 radical (unpaired) electrons. The predicted molar refractivity (Wildman–Crippen MR) is 97.4 cm³/mol. The summed E-state index contributed by atoms with van der Waals surface area (Å²) in [5.41, 5.74) is 0.623. The Hall–Kier alpha value is -3.12. The van der Waals surface area contributed by atoms with E-state index in [9.17, 15) is 9.59 Å². The van der Waals surface area contributed by atoms with Gasteiger partial charge in [-0.1, -0.05) is 24.8 Å². The summed E-state index contributed by atoms with van der Waals surface area (Å²) in [4.78, 5) is 26.7. The Bertz CT molecular complexity index is 1040. The number of hydrogen-bond donors (Lipinski definition) is 1. The van der Waals surface area contributed by atoms with E-state index in [2.05, 4.69) is 11.6 Å². The second-order valence-corrected chi connectivity index (χ2v) is 6.17. The molecule has 5 nitrogen and oxygen atoms in total. The molecule has 0 fully saturated rings. The Balaban J connectivity index is 1.87. The van der Waals surface area contributed by atoms with E-state index in [-0.39, 0.29) is 17.1 Å². The molecule has 0 saturated heterocycles. The molecule has 0 aliphatic rings. The number of ketones is 1. The predicted octanol–water partition coefficient (Wildman–Crippen LogP) is 2.09. The van der Waals surface area contributed by atoms with Crippen LogP contribution >= 0.6 is 11.3 Å². The smallest absolute Gasteiger partial charge is 0.266 e. The van der Waals surface area contributed by atoms with Gasteiger partial charge in [0.1, 0.15) is 12.4 Å². The van der Waals surface area contributed by atoms with E-state index >= 15 is 0 Å². The van der Waals surface area contributed by atoms with Gasteiger partial charge in [0, 0.05) is 6.08 Å². The Labute approximate surface area is 147 Å². The third kappa shape index (κ3) is 4.24. The van der Waals surface area contributed by atoms with Crippen LogP contribution in [0.15, 0.2) is 64.5 Å². The Morgan fingerprint density at radius 2 is 2.08 bits per heavy atom. The monoisotopic (exact) mass is 353 g/mol. The average molecular weight is 353 g/mol. The van der Waals surface area contributed by atoms with Gasteiger partial charge < -0.3 is 14.1 Å². The van der Waals surface area contributed by atoms with Gasteiger partial charge in [-0.3, -0.25) is 9.59 Å². The molecule has 2 aromatic heterocycles. The van der Waals surface area contributed by atoms with E-state index in [4.69, 9.17) is 9.15 Å². The van der Waals surface area contributed by atoms with Crippen molar-refractivity contribution in [2.24, 2.45) is 0 Å². The highest BCUT2D eigenvalue weighted by molar-refractivity contribution is 7.07.